The van der Waals surface area contributed by atoms with E-state index in [9.17, 15) is 14.4 Å². The van der Waals surface area contributed by atoms with Gasteiger partial charge in [-0.05, 0) is 26.2 Å². The second-order valence-electron chi connectivity index (χ2n) is 5.08. The predicted molar refractivity (Wildman–Crippen MR) is 83.8 cm³/mol. The van der Waals surface area contributed by atoms with Gasteiger partial charge in [-0.15, -0.1) is 0 Å². The smallest absolute Gasteiger partial charge is 0.313 e. The molecule has 0 aromatic carbocycles. The van der Waals surface area contributed by atoms with Gasteiger partial charge in [0.25, 0.3) is 0 Å². The summed E-state index contributed by atoms with van der Waals surface area (Å²) >= 11 is 0. The molecule has 2 aromatic rings. The van der Waals surface area contributed by atoms with Crippen LogP contribution in [0.2, 0.25) is 0 Å². The quantitative estimate of drug-likeness (QED) is 0.689. The van der Waals surface area contributed by atoms with Gasteiger partial charge in [0, 0.05) is 25.0 Å². The fourth-order valence-corrected chi connectivity index (χ4v) is 1.98. The van der Waals surface area contributed by atoms with Gasteiger partial charge in [0.2, 0.25) is 5.43 Å². The molecule has 0 spiro atoms. The standard InChI is InChI=1S/C15H18N4O4/c1-19(2)11(13-4-3-7-23-13)9-17-14(21)15(22)18-10-8-16-6-5-12(10)20/h3-8,11H,9H2,1-2H3,(H,16,20)(H,17,21)(H,18,22)/t11-/m0/s1. The molecule has 122 valence electrons. The average molecular weight is 318 g/mol. The Morgan fingerprint density at radius 2 is 2.09 bits per heavy atom. The summed E-state index contributed by atoms with van der Waals surface area (Å²) in [5.41, 5.74) is -0.366. The highest BCUT2D eigenvalue weighted by atomic mass is 16.3. The minimum absolute atomic E-state index is 0.0165. The number of carbonyl (C=O) groups excluding carboxylic acids is 2. The number of hydrogen-bond donors (Lipinski definition) is 3. The van der Waals surface area contributed by atoms with Gasteiger partial charge in [0.1, 0.15) is 11.4 Å². The molecule has 0 aliphatic heterocycles. The van der Waals surface area contributed by atoms with Crippen LogP contribution in [0.25, 0.3) is 0 Å². The third-order valence-corrected chi connectivity index (χ3v) is 3.23. The van der Waals surface area contributed by atoms with Crippen LogP contribution in [0.15, 0.2) is 46.1 Å². The number of amides is 2. The molecule has 2 rings (SSSR count). The van der Waals surface area contributed by atoms with Crippen molar-refractivity contribution in [3.8, 4) is 0 Å². The fraction of sp³-hybridized carbons (Fsp3) is 0.267. The highest BCUT2D eigenvalue weighted by Gasteiger charge is 2.21. The van der Waals surface area contributed by atoms with E-state index < -0.39 is 11.8 Å². The zero-order valence-corrected chi connectivity index (χ0v) is 12.8. The summed E-state index contributed by atoms with van der Waals surface area (Å²) < 4.78 is 5.32. The maximum atomic E-state index is 11.9. The van der Waals surface area contributed by atoms with Crippen LogP contribution in [-0.4, -0.2) is 42.3 Å². The highest BCUT2D eigenvalue weighted by Crippen LogP contribution is 2.17. The van der Waals surface area contributed by atoms with Crippen LogP contribution in [0, 0.1) is 0 Å². The van der Waals surface area contributed by atoms with Crippen molar-refractivity contribution in [2.24, 2.45) is 0 Å². The number of likely N-dealkylation sites (N-methyl/N-ethyl adjacent to an activating group) is 1. The molecule has 0 saturated carbocycles. The lowest BCUT2D eigenvalue weighted by molar-refractivity contribution is -0.136. The first-order valence-corrected chi connectivity index (χ1v) is 6.95. The van der Waals surface area contributed by atoms with Gasteiger partial charge in [-0.3, -0.25) is 19.3 Å². The van der Waals surface area contributed by atoms with E-state index in [2.05, 4.69) is 15.6 Å². The number of aromatic amines is 1. The molecule has 0 aliphatic carbocycles. The lowest BCUT2D eigenvalue weighted by atomic mass is 10.2. The Kier molecular flexibility index (Phi) is 5.32. The van der Waals surface area contributed by atoms with Crippen molar-refractivity contribution in [3.05, 3.63) is 52.8 Å². The zero-order chi connectivity index (χ0) is 16.8. The molecule has 8 nitrogen and oxygen atoms in total. The van der Waals surface area contributed by atoms with Crippen molar-refractivity contribution in [1.29, 1.82) is 0 Å². The number of nitrogens with one attached hydrogen (secondary N) is 3. The summed E-state index contributed by atoms with van der Waals surface area (Å²) in [4.78, 5) is 39.7. The summed E-state index contributed by atoms with van der Waals surface area (Å²) in [5.74, 6) is -1.06. The Bertz CT molecular complexity index is 721. The van der Waals surface area contributed by atoms with Crippen LogP contribution < -0.4 is 16.1 Å². The molecule has 8 heteroatoms. The normalized spacial score (nSPS) is 12.0. The zero-order valence-electron chi connectivity index (χ0n) is 12.8. The third-order valence-electron chi connectivity index (χ3n) is 3.23. The van der Waals surface area contributed by atoms with Gasteiger partial charge in [0.15, 0.2) is 0 Å². The van der Waals surface area contributed by atoms with Crippen LogP contribution in [0.4, 0.5) is 5.69 Å². The number of aromatic nitrogens is 1. The highest BCUT2D eigenvalue weighted by molar-refractivity contribution is 6.39. The first-order chi connectivity index (χ1) is 11.0. The molecular weight excluding hydrogens is 300 g/mol. The minimum Gasteiger partial charge on any atom is -0.468 e. The van der Waals surface area contributed by atoms with Gasteiger partial charge in [-0.25, -0.2) is 0 Å². The van der Waals surface area contributed by atoms with E-state index in [0.29, 0.717) is 5.76 Å². The van der Waals surface area contributed by atoms with E-state index in [-0.39, 0.29) is 23.7 Å². The van der Waals surface area contributed by atoms with Crippen molar-refractivity contribution < 1.29 is 14.0 Å². The van der Waals surface area contributed by atoms with Crippen LogP contribution in [-0.2, 0) is 9.59 Å². The number of pyridine rings is 1. The lowest BCUT2D eigenvalue weighted by Crippen LogP contribution is -2.40. The Morgan fingerprint density at radius 1 is 1.30 bits per heavy atom. The number of nitrogens with zero attached hydrogens (tertiary/aromatic N) is 1. The molecule has 0 unspecified atom stereocenters. The molecule has 0 fully saturated rings. The Morgan fingerprint density at radius 3 is 2.70 bits per heavy atom. The van der Waals surface area contributed by atoms with Crippen molar-refractivity contribution in [1.82, 2.24) is 15.2 Å². The second-order valence-corrected chi connectivity index (χ2v) is 5.08. The number of H-pyrrole nitrogens is 1. The maximum absolute atomic E-state index is 11.9. The number of carbonyl (C=O) groups is 2. The SMILES string of the molecule is CN(C)[C@@H](CNC(=O)C(=O)Nc1c[nH]ccc1=O)c1ccco1. The molecule has 23 heavy (non-hydrogen) atoms. The van der Waals surface area contributed by atoms with E-state index in [1.54, 1.807) is 18.4 Å². The summed E-state index contributed by atoms with van der Waals surface area (Å²) in [6.45, 7) is 0.192. The first kappa shape index (κ1) is 16.5. The molecule has 0 bridgehead atoms. The first-order valence-electron chi connectivity index (χ1n) is 6.95. The van der Waals surface area contributed by atoms with Crippen molar-refractivity contribution in [2.75, 3.05) is 26.0 Å². The average Bonchev–Trinajstić information content (AvgIpc) is 3.03. The summed E-state index contributed by atoms with van der Waals surface area (Å²) in [6.07, 6.45) is 4.30. The number of furan rings is 1. The lowest BCUT2D eigenvalue weighted by Gasteiger charge is -2.22. The van der Waals surface area contributed by atoms with Crippen LogP contribution in [0.1, 0.15) is 11.8 Å². The molecule has 0 saturated heterocycles. The van der Waals surface area contributed by atoms with Gasteiger partial charge in [-0.2, -0.15) is 0 Å². The topological polar surface area (TPSA) is 107 Å². The summed E-state index contributed by atoms with van der Waals surface area (Å²) in [5, 5.41) is 4.79. The maximum Gasteiger partial charge on any atom is 0.313 e. The molecular formula is C15H18N4O4. The number of hydrogen-bond acceptors (Lipinski definition) is 5. The molecule has 2 heterocycles. The Labute approximate surface area is 132 Å². The molecule has 2 amide bonds. The van der Waals surface area contributed by atoms with Gasteiger partial charge >= 0.3 is 11.8 Å². The third kappa shape index (κ3) is 4.30. The Balaban J connectivity index is 1.94. The van der Waals surface area contributed by atoms with E-state index in [4.69, 9.17) is 4.42 Å². The Hall–Kier alpha value is -2.87. The molecule has 0 radical (unpaired) electrons. The van der Waals surface area contributed by atoms with Crippen molar-refractivity contribution >= 4 is 17.5 Å². The van der Waals surface area contributed by atoms with E-state index in [1.807, 2.05) is 19.0 Å². The predicted octanol–water partition coefficient (Wildman–Crippen LogP) is 0.326. The molecule has 1 atom stereocenters. The van der Waals surface area contributed by atoms with Crippen LogP contribution in [0.5, 0.6) is 0 Å². The van der Waals surface area contributed by atoms with Gasteiger partial charge in [-0.1, -0.05) is 0 Å². The monoisotopic (exact) mass is 318 g/mol. The van der Waals surface area contributed by atoms with Gasteiger partial charge in [0.05, 0.1) is 12.3 Å². The van der Waals surface area contributed by atoms with Crippen molar-refractivity contribution in [2.45, 2.75) is 6.04 Å². The summed E-state index contributed by atoms with van der Waals surface area (Å²) in [6, 6.07) is 4.59. The second kappa shape index (κ2) is 7.41. The molecule has 0 aliphatic rings. The van der Waals surface area contributed by atoms with Crippen LogP contribution in [0.3, 0.4) is 0 Å². The van der Waals surface area contributed by atoms with E-state index >= 15 is 0 Å². The largest absolute Gasteiger partial charge is 0.468 e. The van der Waals surface area contributed by atoms with Crippen molar-refractivity contribution in [3.63, 3.8) is 0 Å². The fourth-order valence-electron chi connectivity index (χ4n) is 1.98. The number of rotatable bonds is 5. The molecule has 2 aromatic heterocycles. The minimum atomic E-state index is -0.904. The van der Waals surface area contributed by atoms with Crippen LogP contribution >= 0.6 is 0 Å². The molecule has 3 N–H and O–H groups in total. The van der Waals surface area contributed by atoms with E-state index in [1.165, 1.54) is 18.5 Å². The number of anilines is 1. The van der Waals surface area contributed by atoms with E-state index in [0.717, 1.165) is 0 Å². The van der Waals surface area contributed by atoms with Gasteiger partial charge < -0.3 is 20.0 Å². The summed E-state index contributed by atoms with van der Waals surface area (Å²) in [7, 11) is 3.67.